The van der Waals surface area contributed by atoms with E-state index in [9.17, 15) is 9.59 Å². The monoisotopic (exact) mass is 548 g/mol. The van der Waals surface area contributed by atoms with Crippen molar-refractivity contribution in [3.63, 3.8) is 0 Å². The number of carboxylic acid groups (broad SMARTS) is 1. The highest BCUT2D eigenvalue weighted by Crippen LogP contribution is 2.55. The Hall–Kier alpha value is -0.960. The van der Waals surface area contributed by atoms with Gasteiger partial charge in [-0.3, -0.25) is 0 Å². The lowest BCUT2D eigenvalue weighted by atomic mass is 9.95. The molecular formula is C18H17BrCl4O6. The van der Waals surface area contributed by atoms with Crippen LogP contribution in [0.25, 0.3) is 0 Å². The summed E-state index contributed by atoms with van der Waals surface area (Å²) < 4.78 is 13.3. The van der Waals surface area contributed by atoms with E-state index in [1.165, 1.54) is 27.4 Å². The van der Waals surface area contributed by atoms with Crippen LogP contribution in [0.2, 0.25) is 0 Å². The van der Waals surface area contributed by atoms with Gasteiger partial charge in [0.15, 0.2) is 3.78 Å². The first-order valence-electron chi connectivity index (χ1n) is 7.74. The summed E-state index contributed by atoms with van der Waals surface area (Å²) in [7, 11) is 3.93. The second-order valence-electron chi connectivity index (χ2n) is 5.50. The number of alkyl halides is 3. The predicted molar refractivity (Wildman–Crippen MR) is 117 cm³/mol. The van der Waals surface area contributed by atoms with Crippen LogP contribution in [0.15, 0.2) is 45.5 Å². The second-order valence-corrected chi connectivity index (χ2v) is 9.00. The number of esters is 1. The lowest BCUT2D eigenvalue weighted by Crippen LogP contribution is -2.41. The van der Waals surface area contributed by atoms with Gasteiger partial charge in [0.05, 0.1) is 24.3 Å². The molecule has 0 amide bonds. The third-order valence-electron chi connectivity index (χ3n) is 3.91. The number of ether oxygens (including phenoxy) is 3. The van der Waals surface area contributed by atoms with Crippen molar-refractivity contribution in [2.24, 2.45) is 0 Å². The lowest BCUT2D eigenvalue weighted by molar-refractivity contribution is -0.137. The molecule has 1 aromatic carbocycles. The van der Waals surface area contributed by atoms with E-state index in [1.54, 1.807) is 25.1 Å². The van der Waals surface area contributed by atoms with Crippen molar-refractivity contribution in [1.82, 2.24) is 0 Å². The number of benzene rings is 1. The van der Waals surface area contributed by atoms with Gasteiger partial charge in [0, 0.05) is 7.11 Å². The Bertz CT molecular complexity index is 868. The van der Waals surface area contributed by atoms with Crippen LogP contribution in [0.4, 0.5) is 0 Å². The van der Waals surface area contributed by atoms with Gasteiger partial charge in [-0.05, 0) is 24.6 Å². The quantitative estimate of drug-likeness (QED) is 0.395. The van der Waals surface area contributed by atoms with Gasteiger partial charge in [0.25, 0.3) is 0 Å². The van der Waals surface area contributed by atoms with Crippen LogP contribution >= 0.6 is 62.3 Å². The molecule has 6 nitrogen and oxygen atoms in total. The molecule has 0 aliphatic heterocycles. The van der Waals surface area contributed by atoms with Gasteiger partial charge in [-0.1, -0.05) is 74.5 Å². The smallest absolute Gasteiger partial charge is 0.339 e. The van der Waals surface area contributed by atoms with E-state index in [-0.39, 0.29) is 21.2 Å². The maximum absolute atomic E-state index is 11.8. The Balaban J connectivity index is 0.000000326. The van der Waals surface area contributed by atoms with E-state index in [0.29, 0.717) is 11.3 Å². The molecule has 0 fully saturated rings. The number of methoxy groups -OCH3 is 3. The average molecular weight is 551 g/mol. The molecule has 160 valence electrons. The minimum Gasteiger partial charge on any atom is -0.496 e. The molecule has 0 saturated carbocycles. The average Bonchev–Trinajstić information content (AvgIpc) is 2.71. The second kappa shape index (κ2) is 10.4. The minimum absolute atomic E-state index is 0.0465. The van der Waals surface area contributed by atoms with Crippen LogP contribution in [0, 0.1) is 0 Å². The van der Waals surface area contributed by atoms with Crippen molar-refractivity contribution >= 4 is 74.3 Å². The standard InChI is InChI=1S/C10H9BrCl4O3.C8H8O3/c1-4-6(12)10(15,18-3)5(8(16)17-2)7(13)9(4,11)14;1-11-7-5-3-2-4-6(7)8(9)10/h1-3H3;2-5H,1H3,(H,9,10). The molecule has 1 aromatic rings. The predicted octanol–water partition coefficient (Wildman–Crippen LogP) is 5.48. The summed E-state index contributed by atoms with van der Waals surface area (Å²) in [5.74, 6) is -1.35. The molecule has 0 heterocycles. The zero-order valence-electron chi connectivity index (χ0n) is 15.7. The number of carbonyl (C=O) groups is 2. The SMILES string of the molecule is COC(=O)C1=C(Cl)C(Cl)(Br)C(C)=C(Cl)C1(Cl)OC.COc1ccccc1C(=O)O. The Labute approximate surface area is 196 Å². The maximum Gasteiger partial charge on any atom is 0.339 e. The van der Waals surface area contributed by atoms with Crippen molar-refractivity contribution in [2.45, 2.75) is 15.8 Å². The summed E-state index contributed by atoms with van der Waals surface area (Å²) in [6, 6.07) is 6.50. The van der Waals surface area contributed by atoms with Crippen LogP contribution in [0.3, 0.4) is 0 Å². The molecule has 0 spiro atoms. The van der Waals surface area contributed by atoms with Gasteiger partial charge in [-0.2, -0.15) is 0 Å². The Morgan fingerprint density at radius 2 is 1.62 bits per heavy atom. The number of halogens is 5. The van der Waals surface area contributed by atoms with Crippen LogP contribution in [-0.4, -0.2) is 47.2 Å². The molecule has 0 radical (unpaired) electrons. The zero-order chi connectivity index (χ0) is 22.6. The normalized spacial score (nSPS) is 23.9. The highest BCUT2D eigenvalue weighted by Gasteiger charge is 2.53. The van der Waals surface area contributed by atoms with E-state index in [2.05, 4.69) is 20.7 Å². The molecular weight excluding hydrogens is 534 g/mol. The van der Waals surface area contributed by atoms with Crippen molar-refractivity contribution in [1.29, 1.82) is 0 Å². The molecule has 1 aliphatic rings. The first-order chi connectivity index (χ1) is 13.4. The van der Waals surface area contributed by atoms with Crippen LogP contribution in [-0.2, 0) is 14.3 Å². The van der Waals surface area contributed by atoms with Crippen molar-refractivity contribution < 1.29 is 28.9 Å². The maximum atomic E-state index is 11.8. The highest BCUT2D eigenvalue weighted by atomic mass is 79.9. The molecule has 2 atom stereocenters. The first-order valence-corrected chi connectivity index (χ1v) is 10.0. The number of carbonyl (C=O) groups excluding carboxylic acids is 1. The van der Waals surface area contributed by atoms with E-state index < -0.39 is 20.8 Å². The van der Waals surface area contributed by atoms with Gasteiger partial charge in [0.1, 0.15) is 16.9 Å². The van der Waals surface area contributed by atoms with Gasteiger partial charge in [-0.25, -0.2) is 9.59 Å². The van der Waals surface area contributed by atoms with Crippen LogP contribution in [0.1, 0.15) is 17.3 Å². The largest absolute Gasteiger partial charge is 0.496 e. The number of para-hydroxylation sites is 1. The highest BCUT2D eigenvalue weighted by molar-refractivity contribution is 9.10. The van der Waals surface area contributed by atoms with E-state index in [0.717, 1.165) is 0 Å². The molecule has 11 heteroatoms. The molecule has 1 aliphatic carbocycles. The number of carboxylic acids is 1. The molecule has 2 rings (SSSR count). The molecule has 0 bridgehead atoms. The van der Waals surface area contributed by atoms with Crippen molar-refractivity contribution in [2.75, 3.05) is 21.3 Å². The Kier molecular flexibility index (Phi) is 9.33. The van der Waals surface area contributed by atoms with Gasteiger partial charge < -0.3 is 19.3 Å². The molecule has 29 heavy (non-hydrogen) atoms. The fourth-order valence-electron chi connectivity index (χ4n) is 2.29. The topological polar surface area (TPSA) is 82.1 Å². The van der Waals surface area contributed by atoms with Gasteiger partial charge in [-0.15, -0.1) is 0 Å². The first kappa shape index (κ1) is 26.1. The number of allylic oxidation sites excluding steroid dienone is 2. The molecule has 0 aromatic heterocycles. The molecule has 0 saturated heterocycles. The summed E-state index contributed by atoms with van der Waals surface area (Å²) in [6.07, 6.45) is 0. The fraction of sp³-hybridized carbons (Fsp3) is 0.333. The third kappa shape index (κ3) is 5.21. The summed E-state index contributed by atoms with van der Waals surface area (Å²) in [5, 5.41) is 6.92. The number of hydrogen-bond acceptors (Lipinski definition) is 5. The fourth-order valence-corrected chi connectivity index (χ4v) is 4.06. The van der Waals surface area contributed by atoms with Crippen molar-refractivity contribution in [3.8, 4) is 5.75 Å². The van der Waals surface area contributed by atoms with E-state index >= 15 is 0 Å². The minimum atomic E-state index is -1.71. The Morgan fingerprint density at radius 3 is 2.03 bits per heavy atom. The van der Waals surface area contributed by atoms with Gasteiger partial charge in [0.2, 0.25) is 5.06 Å². The summed E-state index contributed by atoms with van der Waals surface area (Å²) >= 11 is 27.9. The third-order valence-corrected chi connectivity index (χ3v) is 7.35. The number of hydrogen-bond donors (Lipinski definition) is 1. The van der Waals surface area contributed by atoms with Crippen LogP contribution in [0.5, 0.6) is 5.75 Å². The lowest BCUT2D eigenvalue weighted by Gasteiger charge is -2.37. The summed E-state index contributed by atoms with van der Waals surface area (Å²) in [4.78, 5) is 22.3. The molecule has 2 unspecified atom stereocenters. The van der Waals surface area contributed by atoms with E-state index in [4.69, 9.17) is 61.0 Å². The number of rotatable bonds is 4. The van der Waals surface area contributed by atoms with Crippen LogP contribution < -0.4 is 4.74 Å². The zero-order valence-corrected chi connectivity index (χ0v) is 20.3. The summed E-state index contributed by atoms with van der Waals surface area (Å²) in [6.45, 7) is 1.62. The number of aromatic carboxylic acids is 1. The molecule has 1 N–H and O–H groups in total. The van der Waals surface area contributed by atoms with E-state index in [1.807, 2.05) is 0 Å². The Morgan fingerprint density at radius 1 is 1.07 bits per heavy atom. The summed E-state index contributed by atoms with van der Waals surface area (Å²) in [5.41, 5.74) is 0.466. The van der Waals surface area contributed by atoms with Crippen molar-refractivity contribution in [3.05, 3.63) is 51.0 Å². The van der Waals surface area contributed by atoms with Gasteiger partial charge >= 0.3 is 11.9 Å².